The Balaban J connectivity index is 2.28. The lowest BCUT2D eigenvalue weighted by atomic mass is 10.1. The number of rotatable bonds is 3. The fourth-order valence-corrected chi connectivity index (χ4v) is 1.92. The van der Waals surface area contributed by atoms with Crippen molar-refractivity contribution in [3.05, 3.63) is 56.8 Å². The van der Waals surface area contributed by atoms with Crippen LogP contribution >= 0.6 is 11.6 Å². The monoisotopic (exact) mass is 308 g/mol. The number of allylic oxidation sites excluding steroid dienone is 1. The van der Waals surface area contributed by atoms with Crippen molar-refractivity contribution in [2.24, 2.45) is 4.99 Å². The summed E-state index contributed by atoms with van der Waals surface area (Å²) in [6, 6.07) is 4.10. The van der Waals surface area contributed by atoms with Gasteiger partial charge in [0.2, 0.25) is 0 Å². The SMILES string of the molecule is CC1=NC(=O)C([N+](=O)[O-])C(OC(=O)c2cccc(Cl)c2)=C1. The lowest BCUT2D eigenvalue weighted by molar-refractivity contribution is -0.501. The summed E-state index contributed by atoms with van der Waals surface area (Å²) in [5.74, 6) is -2.17. The van der Waals surface area contributed by atoms with Crippen LogP contribution in [-0.2, 0) is 9.53 Å². The number of hydrogen-bond donors (Lipinski definition) is 0. The number of carbonyl (C=O) groups excluding carboxylic acids is 2. The van der Waals surface area contributed by atoms with Crippen LogP contribution < -0.4 is 0 Å². The van der Waals surface area contributed by atoms with E-state index in [4.69, 9.17) is 16.3 Å². The van der Waals surface area contributed by atoms with Gasteiger partial charge in [-0.3, -0.25) is 14.9 Å². The van der Waals surface area contributed by atoms with Crippen molar-refractivity contribution in [1.29, 1.82) is 0 Å². The Morgan fingerprint density at radius 3 is 2.81 bits per heavy atom. The van der Waals surface area contributed by atoms with Gasteiger partial charge >= 0.3 is 17.9 Å². The molecule has 7 nitrogen and oxygen atoms in total. The molecule has 0 saturated heterocycles. The van der Waals surface area contributed by atoms with Crippen LogP contribution in [-0.4, -0.2) is 28.6 Å². The molecule has 0 aliphatic carbocycles. The minimum atomic E-state index is -1.81. The summed E-state index contributed by atoms with van der Waals surface area (Å²) in [4.78, 5) is 37.0. The maximum atomic E-state index is 12.0. The van der Waals surface area contributed by atoms with Crippen LogP contribution in [0.4, 0.5) is 0 Å². The Morgan fingerprint density at radius 1 is 1.48 bits per heavy atom. The molecule has 1 aliphatic rings. The summed E-state index contributed by atoms with van der Waals surface area (Å²) >= 11 is 5.75. The Bertz CT molecular complexity index is 696. The van der Waals surface area contributed by atoms with Crippen molar-refractivity contribution in [2.75, 3.05) is 0 Å². The molecule has 21 heavy (non-hydrogen) atoms. The van der Waals surface area contributed by atoms with E-state index in [-0.39, 0.29) is 17.0 Å². The maximum absolute atomic E-state index is 12.0. The topological polar surface area (TPSA) is 98.9 Å². The number of halogens is 1. The summed E-state index contributed by atoms with van der Waals surface area (Å²) in [5, 5.41) is 11.2. The van der Waals surface area contributed by atoms with Crippen LogP contribution in [0, 0.1) is 10.1 Å². The van der Waals surface area contributed by atoms with E-state index in [1.54, 1.807) is 6.07 Å². The molecule has 0 spiro atoms. The highest BCUT2D eigenvalue weighted by Gasteiger charge is 2.39. The Labute approximate surface area is 124 Å². The normalized spacial score (nSPS) is 17.8. The summed E-state index contributed by atoms with van der Waals surface area (Å²) in [6.45, 7) is 1.47. The number of esters is 1. The van der Waals surface area contributed by atoms with E-state index in [0.29, 0.717) is 5.02 Å². The number of nitrogens with zero attached hydrogens (tertiary/aromatic N) is 2. The van der Waals surface area contributed by atoms with Gasteiger partial charge in [0.05, 0.1) is 5.56 Å². The average molecular weight is 309 g/mol. The number of carbonyl (C=O) groups is 2. The standard InChI is InChI=1S/C13H9ClN2O5/c1-7-5-10(11(16(19)20)12(17)15-7)21-13(18)8-3-2-4-9(14)6-8/h2-6,11H,1H3. The van der Waals surface area contributed by atoms with Crippen LogP contribution in [0.15, 0.2) is 41.1 Å². The molecule has 0 aromatic heterocycles. The van der Waals surface area contributed by atoms with Gasteiger partial charge in [0, 0.05) is 21.7 Å². The van der Waals surface area contributed by atoms with E-state index < -0.39 is 22.8 Å². The first-order valence-electron chi connectivity index (χ1n) is 5.80. The average Bonchev–Trinajstić information content (AvgIpc) is 2.37. The Kier molecular flexibility index (Phi) is 4.13. The number of dihydropyridines is 1. The molecule has 1 atom stereocenters. The molecule has 0 radical (unpaired) electrons. The number of amides is 1. The van der Waals surface area contributed by atoms with E-state index in [1.807, 2.05) is 0 Å². The molecule has 1 heterocycles. The summed E-state index contributed by atoms with van der Waals surface area (Å²) in [7, 11) is 0. The van der Waals surface area contributed by atoms with Crippen LogP contribution in [0.2, 0.25) is 5.02 Å². The van der Waals surface area contributed by atoms with E-state index in [1.165, 1.54) is 31.2 Å². The molecule has 1 aromatic rings. The molecule has 1 aromatic carbocycles. The minimum absolute atomic E-state index is 0.123. The molecule has 2 rings (SSSR count). The third-order valence-electron chi connectivity index (χ3n) is 2.62. The van der Waals surface area contributed by atoms with Crippen molar-refractivity contribution in [2.45, 2.75) is 13.0 Å². The summed E-state index contributed by atoms with van der Waals surface area (Å²) in [6.07, 6.45) is 1.19. The highest BCUT2D eigenvalue weighted by atomic mass is 35.5. The second-order valence-corrected chi connectivity index (χ2v) is 4.66. The number of hydrogen-bond acceptors (Lipinski definition) is 5. The molecule has 1 amide bonds. The zero-order valence-corrected chi connectivity index (χ0v) is 11.5. The Hall–Kier alpha value is -2.54. The van der Waals surface area contributed by atoms with Crippen molar-refractivity contribution < 1.29 is 19.2 Å². The quantitative estimate of drug-likeness (QED) is 0.483. The number of nitro groups is 1. The van der Waals surface area contributed by atoms with Gasteiger partial charge in [-0.1, -0.05) is 17.7 Å². The zero-order chi connectivity index (χ0) is 15.6. The van der Waals surface area contributed by atoms with Gasteiger partial charge in [-0.2, -0.15) is 0 Å². The lowest BCUT2D eigenvalue weighted by Gasteiger charge is -2.14. The number of benzene rings is 1. The molecule has 1 unspecified atom stereocenters. The molecule has 0 fully saturated rings. The smallest absolute Gasteiger partial charge is 0.348 e. The van der Waals surface area contributed by atoms with Gasteiger partial charge in [0.25, 0.3) is 0 Å². The van der Waals surface area contributed by atoms with Gasteiger partial charge in [-0.25, -0.2) is 9.79 Å². The summed E-state index contributed by atoms with van der Waals surface area (Å²) < 4.78 is 4.97. The first-order valence-corrected chi connectivity index (χ1v) is 6.18. The van der Waals surface area contributed by atoms with Crippen molar-refractivity contribution in [3.8, 4) is 0 Å². The minimum Gasteiger partial charge on any atom is -0.419 e. The molecule has 1 aliphatic heterocycles. The molecular weight excluding hydrogens is 300 g/mol. The fraction of sp³-hybridized carbons (Fsp3) is 0.154. The van der Waals surface area contributed by atoms with Crippen LogP contribution in [0.25, 0.3) is 0 Å². The second kappa shape index (κ2) is 5.84. The third-order valence-corrected chi connectivity index (χ3v) is 2.86. The van der Waals surface area contributed by atoms with Gasteiger partial charge in [-0.15, -0.1) is 0 Å². The lowest BCUT2D eigenvalue weighted by Crippen LogP contribution is -2.35. The van der Waals surface area contributed by atoms with E-state index in [0.717, 1.165) is 0 Å². The molecule has 0 N–H and O–H groups in total. The highest BCUT2D eigenvalue weighted by Crippen LogP contribution is 2.19. The Morgan fingerprint density at radius 2 is 2.19 bits per heavy atom. The molecule has 108 valence electrons. The molecule has 0 saturated carbocycles. The van der Waals surface area contributed by atoms with Gasteiger partial charge < -0.3 is 4.74 Å². The second-order valence-electron chi connectivity index (χ2n) is 4.23. The third kappa shape index (κ3) is 3.32. The fourth-order valence-electron chi connectivity index (χ4n) is 1.73. The van der Waals surface area contributed by atoms with Crippen molar-refractivity contribution in [3.63, 3.8) is 0 Å². The first-order chi connectivity index (χ1) is 9.88. The number of aliphatic imine (C=N–C) groups is 1. The molecular formula is C13H9ClN2O5. The van der Waals surface area contributed by atoms with Gasteiger partial charge in [0.15, 0.2) is 5.76 Å². The van der Waals surface area contributed by atoms with Crippen molar-refractivity contribution in [1.82, 2.24) is 0 Å². The molecule has 8 heteroatoms. The van der Waals surface area contributed by atoms with E-state index in [2.05, 4.69) is 4.99 Å². The zero-order valence-electron chi connectivity index (χ0n) is 10.8. The van der Waals surface area contributed by atoms with Crippen LogP contribution in [0.1, 0.15) is 17.3 Å². The van der Waals surface area contributed by atoms with E-state index >= 15 is 0 Å². The van der Waals surface area contributed by atoms with E-state index in [9.17, 15) is 19.7 Å². The van der Waals surface area contributed by atoms with Crippen molar-refractivity contribution >= 4 is 29.2 Å². The predicted octanol–water partition coefficient (Wildman–Crippen LogP) is 2.03. The molecule has 0 bridgehead atoms. The van der Waals surface area contributed by atoms with Gasteiger partial charge in [0.1, 0.15) is 0 Å². The van der Waals surface area contributed by atoms with Crippen LogP contribution in [0.5, 0.6) is 0 Å². The highest BCUT2D eigenvalue weighted by molar-refractivity contribution is 6.30. The first kappa shape index (κ1) is 14.9. The maximum Gasteiger partial charge on any atom is 0.348 e. The largest absolute Gasteiger partial charge is 0.419 e. The van der Waals surface area contributed by atoms with Crippen LogP contribution in [0.3, 0.4) is 0 Å². The van der Waals surface area contributed by atoms with Gasteiger partial charge in [-0.05, 0) is 25.1 Å². The summed E-state index contributed by atoms with van der Waals surface area (Å²) in [5.41, 5.74) is 0.352. The predicted molar refractivity (Wildman–Crippen MR) is 73.8 cm³/mol. The number of ether oxygens (including phenoxy) is 1.